The van der Waals surface area contributed by atoms with Crippen LogP contribution < -0.4 is 4.74 Å². The average Bonchev–Trinajstić information content (AvgIpc) is 3.19. The van der Waals surface area contributed by atoms with Crippen LogP contribution in [-0.4, -0.2) is 45.0 Å². The van der Waals surface area contributed by atoms with E-state index in [9.17, 15) is 0 Å². The number of likely N-dealkylation sites (tertiary alicyclic amines) is 1. The maximum Gasteiger partial charge on any atom is 0.257 e. The maximum absolute atomic E-state index is 5.36. The van der Waals surface area contributed by atoms with Crippen molar-refractivity contribution < 1.29 is 9.26 Å². The number of aromatic nitrogens is 4. The van der Waals surface area contributed by atoms with Crippen molar-refractivity contribution in [1.29, 1.82) is 0 Å². The van der Waals surface area contributed by atoms with Gasteiger partial charge in [0.2, 0.25) is 0 Å². The Balaban J connectivity index is 1.36. The molecule has 0 amide bonds. The lowest BCUT2D eigenvalue weighted by atomic mass is 10.1. The number of hydrogen-bond acceptors (Lipinski definition) is 6. The number of ether oxygens (including phenoxy) is 1. The fourth-order valence-corrected chi connectivity index (χ4v) is 2.84. The molecular formula is C17H19N5O2. The Kier molecular flexibility index (Phi) is 3.78. The summed E-state index contributed by atoms with van der Waals surface area (Å²) >= 11 is 0. The molecule has 3 heterocycles. The van der Waals surface area contributed by atoms with Crippen LogP contribution in [0.5, 0.6) is 5.75 Å². The molecule has 24 heavy (non-hydrogen) atoms. The molecule has 0 N–H and O–H groups in total. The van der Waals surface area contributed by atoms with E-state index in [1.807, 2.05) is 35.1 Å². The first kappa shape index (κ1) is 14.9. The van der Waals surface area contributed by atoms with Gasteiger partial charge in [-0.1, -0.05) is 5.16 Å². The van der Waals surface area contributed by atoms with Gasteiger partial charge in [-0.05, 0) is 36.8 Å². The third kappa shape index (κ3) is 2.90. The van der Waals surface area contributed by atoms with E-state index in [1.165, 1.54) is 5.56 Å². The summed E-state index contributed by atoms with van der Waals surface area (Å²) < 4.78 is 12.5. The first-order chi connectivity index (χ1) is 11.7. The van der Waals surface area contributed by atoms with E-state index in [0.717, 1.165) is 24.4 Å². The SMILES string of the molecule is COc1ccc(-c2nc(CN3CC(n4cc(C)cn4)C3)no2)cc1. The van der Waals surface area contributed by atoms with Crippen LogP contribution in [-0.2, 0) is 6.54 Å². The van der Waals surface area contributed by atoms with E-state index in [-0.39, 0.29) is 0 Å². The molecule has 0 bridgehead atoms. The Labute approximate surface area is 139 Å². The topological polar surface area (TPSA) is 69.2 Å². The van der Waals surface area contributed by atoms with E-state index in [2.05, 4.69) is 33.3 Å². The van der Waals surface area contributed by atoms with Gasteiger partial charge >= 0.3 is 0 Å². The molecule has 0 unspecified atom stereocenters. The predicted molar refractivity (Wildman–Crippen MR) is 87.6 cm³/mol. The zero-order valence-electron chi connectivity index (χ0n) is 13.7. The van der Waals surface area contributed by atoms with Crippen LogP contribution in [0.25, 0.3) is 11.5 Å². The van der Waals surface area contributed by atoms with Gasteiger partial charge in [0.15, 0.2) is 5.82 Å². The molecule has 1 fully saturated rings. The number of aryl methyl sites for hydroxylation is 1. The second-order valence-electron chi connectivity index (χ2n) is 6.09. The van der Waals surface area contributed by atoms with Crippen molar-refractivity contribution in [2.45, 2.75) is 19.5 Å². The quantitative estimate of drug-likeness (QED) is 0.717. The lowest BCUT2D eigenvalue weighted by molar-refractivity contribution is 0.0872. The number of methoxy groups -OCH3 is 1. The van der Waals surface area contributed by atoms with Gasteiger partial charge in [0.1, 0.15) is 5.75 Å². The normalized spacial score (nSPS) is 15.4. The summed E-state index contributed by atoms with van der Waals surface area (Å²) in [5.41, 5.74) is 2.08. The van der Waals surface area contributed by atoms with E-state index >= 15 is 0 Å². The van der Waals surface area contributed by atoms with Crippen LogP contribution in [0.4, 0.5) is 0 Å². The molecular weight excluding hydrogens is 306 g/mol. The molecule has 3 aromatic rings. The van der Waals surface area contributed by atoms with Gasteiger partial charge in [0, 0.05) is 24.8 Å². The molecule has 1 aliphatic rings. The molecule has 0 atom stereocenters. The van der Waals surface area contributed by atoms with Crippen LogP contribution in [0.15, 0.2) is 41.2 Å². The molecule has 2 aromatic heterocycles. The molecule has 0 radical (unpaired) electrons. The predicted octanol–water partition coefficient (Wildman–Crippen LogP) is 2.31. The molecule has 0 aliphatic carbocycles. The van der Waals surface area contributed by atoms with Gasteiger partial charge in [-0.25, -0.2) is 0 Å². The van der Waals surface area contributed by atoms with E-state index in [4.69, 9.17) is 9.26 Å². The van der Waals surface area contributed by atoms with Crippen molar-refractivity contribution in [3.8, 4) is 17.2 Å². The van der Waals surface area contributed by atoms with Crippen LogP contribution in [0.2, 0.25) is 0 Å². The zero-order valence-corrected chi connectivity index (χ0v) is 13.7. The molecule has 1 saturated heterocycles. The smallest absolute Gasteiger partial charge is 0.257 e. The number of hydrogen-bond donors (Lipinski definition) is 0. The monoisotopic (exact) mass is 325 g/mol. The Morgan fingerprint density at radius 2 is 2.04 bits per heavy atom. The highest BCUT2D eigenvalue weighted by Gasteiger charge is 2.29. The number of rotatable bonds is 5. The van der Waals surface area contributed by atoms with E-state index in [1.54, 1.807) is 7.11 Å². The van der Waals surface area contributed by atoms with Gasteiger partial charge in [-0.2, -0.15) is 10.1 Å². The van der Waals surface area contributed by atoms with Crippen LogP contribution in [0, 0.1) is 6.92 Å². The molecule has 7 nitrogen and oxygen atoms in total. The molecule has 1 aliphatic heterocycles. The van der Waals surface area contributed by atoms with Gasteiger partial charge < -0.3 is 9.26 Å². The van der Waals surface area contributed by atoms with Crippen LogP contribution >= 0.6 is 0 Å². The Bertz CT molecular complexity index is 818. The number of nitrogens with zero attached hydrogens (tertiary/aromatic N) is 5. The van der Waals surface area contributed by atoms with Gasteiger partial charge in [0.25, 0.3) is 5.89 Å². The highest BCUT2D eigenvalue weighted by Crippen LogP contribution is 2.24. The fraction of sp³-hybridized carbons (Fsp3) is 0.353. The minimum absolute atomic E-state index is 0.437. The first-order valence-corrected chi connectivity index (χ1v) is 7.91. The van der Waals surface area contributed by atoms with E-state index in [0.29, 0.717) is 24.3 Å². The van der Waals surface area contributed by atoms with Gasteiger partial charge in [0.05, 0.1) is 25.9 Å². The maximum atomic E-state index is 5.36. The second kappa shape index (κ2) is 6.09. The van der Waals surface area contributed by atoms with Crippen LogP contribution in [0.1, 0.15) is 17.4 Å². The first-order valence-electron chi connectivity index (χ1n) is 7.91. The third-order valence-electron chi connectivity index (χ3n) is 4.21. The molecule has 7 heteroatoms. The van der Waals surface area contributed by atoms with Gasteiger partial charge in [-0.3, -0.25) is 9.58 Å². The standard InChI is InChI=1S/C17H19N5O2/c1-12-7-18-22(8-12)14-9-21(10-14)11-16-19-17(24-20-16)13-3-5-15(23-2)6-4-13/h3-8,14H,9-11H2,1-2H3. The highest BCUT2D eigenvalue weighted by atomic mass is 16.5. The van der Waals surface area contributed by atoms with Crippen molar-refractivity contribution >= 4 is 0 Å². The van der Waals surface area contributed by atoms with Crippen molar-refractivity contribution in [2.24, 2.45) is 0 Å². The van der Waals surface area contributed by atoms with E-state index < -0.39 is 0 Å². The highest BCUT2D eigenvalue weighted by molar-refractivity contribution is 5.54. The summed E-state index contributed by atoms with van der Waals surface area (Å²) in [4.78, 5) is 6.76. The average molecular weight is 325 g/mol. The Hall–Kier alpha value is -2.67. The summed E-state index contributed by atoms with van der Waals surface area (Å²) in [7, 11) is 1.64. The summed E-state index contributed by atoms with van der Waals surface area (Å²) in [6.07, 6.45) is 3.97. The summed E-state index contributed by atoms with van der Waals surface area (Å²) in [6, 6.07) is 8.02. The third-order valence-corrected chi connectivity index (χ3v) is 4.21. The van der Waals surface area contributed by atoms with Crippen molar-refractivity contribution in [1.82, 2.24) is 24.8 Å². The lowest BCUT2D eigenvalue weighted by Gasteiger charge is -2.38. The molecule has 0 spiro atoms. The molecule has 124 valence electrons. The number of benzene rings is 1. The van der Waals surface area contributed by atoms with Crippen molar-refractivity contribution in [2.75, 3.05) is 20.2 Å². The minimum Gasteiger partial charge on any atom is -0.497 e. The summed E-state index contributed by atoms with van der Waals surface area (Å²) in [5.74, 6) is 2.04. The lowest BCUT2D eigenvalue weighted by Crippen LogP contribution is -2.47. The minimum atomic E-state index is 0.437. The van der Waals surface area contributed by atoms with Crippen molar-refractivity contribution in [3.63, 3.8) is 0 Å². The summed E-state index contributed by atoms with van der Waals surface area (Å²) in [6.45, 7) is 4.65. The van der Waals surface area contributed by atoms with Crippen LogP contribution in [0.3, 0.4) is 0 Å². The molecule has 0 saturated carbocycles. The largest absolute Gasteiger partial charge is 0.497 e. The van der Waals surface area contributed by atoms with Gasteiger partial charge in [-0.15, -0.1) is 0 Å². The molecule has 1 aromatic carbocycles. The fourth-order valence-electron chi connectivity index (χ4n) is 2.84. The zero-order chi connectivity index (χ0) is 16.5. The summed E-state index contributed by atoms with van der Waals surface area (Å²) in [5, 5.41) is 8.44. The Morgan fingerprint density at radius 3 is 2.71 bits per heavy atom. The van der Waals surface area contributed by atoms with Crippen molar-refractivity contribution in [3.05, 3.63) is 48.0 Å². The second-order valence-corrected chi connectivity index (χ2v) is 6.09. The Morgan fingerprint density at radius 1 is 1.25 bits per heavy atom. The molecule has 4 rings (SSSR count).